The van der Waals surface area contributed by atoms with Gasteiger partial charge in [0.05, 0.1) is 11.6 Å². The molecule has 30 heavy (non-hydrogen) atoms. The fourth-order valence-corrected chi connectivity index (χ4v) is 4.72. The molecular formula is C27H32N2O. The summed E-state index contributed by atoms with van der Waals surface area (Å²) in [6.45, 7) is 6.44. The predicted molar refractivity (Wildman–Crippen MR) is 123 cm³/mol. The molecule has 0 aromatic heterocycles. The van der Waals surface area contributed by atoms with Gasteiger partial charge in [-0.05, 0) is 30.0 Å². The number of hydrogen-bond donors (Lipinski definition) is 1. The first kappa shape index (κ1) is 20.8. The lowest BCUT2D eigenvalue weighted by Gasteiger charge is -2.44. The Morgan fingerprint density at radius 2 is 1.27 bits per heavy atom. The molecule has 3 aromatic carbocycles. The molecule has 0 aliphatic carbocycles. The molecule has 0 amide bonds. The molecular weight excluding hydrogens is 368 g/mol. The molecule has 2 unspecified atom stereocenters. The molecule has 2 atom stereocenters. The van der Waals surface area contributed by atoms with Gasteiger partial charge in [0.2, 0.25) is 0 Å². The van der Waals surface area contributed by atoms with Crippen LogP contribution in [-0.2, 0) is 19.6 Å². The van der Waals surface area contributed by atoms with Crippen LogP contribution in [-0.4, -0.2) is 39.6 Å². The van der Waals surface area contributed by atoms with Gasteiger partial charge >= 0.3 is 0 Å². The maximum atomic E-state index is 11.0. The molecule has 1 aliphatic heterocycles. The Labute approximate surface area is 180 Å². The van der Waals surface area contributed by atoms with Crippen molar-refractivity contribution in [3.05, 3.63) is 108 Å². The Balaban J connectivity index is 1.59. The second-order valence-electron chi connectivity index (χ2n) is 8.55. The third kappa shape index (κ3) is 4.81. The van der Waals surface area contributed by atoms with Crippen LogP contribution in [0.25, 0.3) is 0 Å². The van der Waals surface area contributed by atoms with Gasteiger partial charge in [-0.15, -0.1) is 0 Å². The number of benzene rings is 3. The minimum Gasteiger partial charge on any atom is -0.391 e. The first-order valence-electron chi connectivity index (χ1n) is 10.9. The van der Waals surface area contributed by atoms with Gasteiger partial charge in [-0.25, -0.2) is 0 Å². The maximum absolute atomic E-state index is 11.0. The molecule has 0 spiro atoms. The Morgan fingerprint density at radius 3 is 1.73 bits per heavy atom. The van der Waals surface area contributed by atoms with Crippen LogP contribution in [0.5, 0.6) is 0 Å². The topological polar surface area (TPSA) is 26.7 Å². The van der Waals surface area contributed by atoms with E-state index in [1.54, 1.807) is 0 Å². The van der Waals surface area contributed by atoms with E-state index in [1.165, 1.54) is 16.7 Å². The highest BCUT2D eigenvalue weighted by Crippen LogP contribution is 2.35. The molecule has 1 fully saturated rings. The summed E-state index contributed by atoms with van der Waals surface area (Å²) < 4.78 is 0. The zero-order valence-corrected chi connectivity index (χ0v) is 17.8. The summed E-state index contributed by atoms with van der Waals surface area (Å²) in [5, 5.41) is 11.0. The first-order valence-corrected chi connectivity index (χ1v) is 10.9. The molecule has 4 rings (SSSR count). The summed E-state index contributed by atoms with van der Waals surface area (Å²) in [6.07, 6.45) is 0.558. The molecule has 0 saturated carbocycles. The predicted octanol–water partition coefficient (Wildman–Crippen LogP) is 4.71. The number of nitrogens with zero attached hydrogens (tertiary/aromatic N) is 2. The second-order valence-corrected chi connectivity index (χ2v) is 8.55. The summed E-state index contributed by atoms with van der Waals surface area (Å²) in [6, 6.07) is 31.9. The fraction of sp³-hybridized carbons (Fsp3) is 0.333. The largest absolute Gasteiger partial charge is 0.391 e. The van der Waals surface area contributed by atoms with Gasteiger partial charge in [-0.3, -0.25) is 9.80 Å². The van der Waals surface area contributed by atoms with Crippen LogP contribution in [0.15, 0.2) is 91.0 Å². The van der Waals surface area contributed by atoms with Crippen molar-refractivity contribution in [2.45, 2.75) is 44.6 Å². The van der Waals surface area contributed by atoms with Crippen molar-refractivity contribution in [2.24, 2.45) is 0 Å². The van der Waals surface area contributed by atoms with Crippen LogP contribution in [0.4, 0.5) is 0 Å². The number of likely N-dealkylation sites (tertiary alicyclic amines) is 1. The van der Waals surface area contributed by atoms with Gasteiger partial charge in [0.1, 0.15) is 0 Å². The molecule has 0 radical (unpaired) electrons. The van der Waals surface area contributed by atoms with Gasteiger partial charge in [-0.1, -0.05) is 91.0 Å². The molecule has 1 saturated heterocycles. The highest BCUT2D eigenvalue weighted by atomic mass is 16.3. The van der Waals surface area contributed by atoms with Crippen LogP contribution in [0.3, 0.4) is 0 Å². The molecule has 156 valence electrons. The Morgan fingerprint density at radius 1 is 0.800 bits per heavy atom. The average molecular weight is 401 g/mol. The Hall–Kier alpha value is -2.46. The van der Waals surface area contributed by atoms with Crippen molar-refractivity contribution in [1.82, 2.24) is 9.80 Å². The maximum Gasteiger partial charge on any atom is 0.0709 e. The monoisotopic (exact) mass is 400 g/mol. The highest BCUT2D eigenvalue weighted by molar-refractivity contribution is 5.20. The zero-order chi connectivity index (χ0) is 20.8. The quantitative estimate of drug-likeness (QED) is 0.593. The van der Waals surface area contributed by atoms with E-state index < -0.39 is 6.10 Å². The Bertz CT molecular complexity index is 856. The highest BCUT2D eigenvalue weighted by Gasteiger charge is 2.46. The normalized spacial score (nSPS) is 20.5. The lowest BCUT2D eigenvalue weighted by molar-refractivity contribution is -0.0283. The summed E-state index contributed by atoms with van der Waals surface area (Å²) in [5.74, 6) is 0. The van der Waals surface area contributed by atoms with Gasteiger partial charge < -0.3 is 5.11 Å². The first-order chi connectivity index (χ1) is 14.7. The third-order valence-corrected chi connectivity index (χ3v) is 6.45. The van der Waals surface area contributed by atoms with E-state index in [0.717, 1.165) is 39.1 Å². The molecule has 3 nitrogen and oxygen atoms in total. The SMILES string of the molecule is CC(O)C1(N(Cc2ccccc2)Cc2ccccc2)CCN(Cc2ccccc2)C1. The van der Waals surface area contributed by atoms with E-state index in [-0.39, 0.29) is 5.54 Å². The molecule has 1 N–H and O–H groups in total. The summed E-state index contributed by atoms with van der Waals surface area (Å²) in [4.78, 5) is 5.00. The van der Waals surface area contributed by atoms with Crippen LogP contribution >= 0.6 is 0 Å². The fourth-order valence-electron chi connectivity index (χ4n) is 4.72. The van der Waals surface area contributed by atoms with Gasteiger partial charge in [0.25, 0.3) is 0 Å². The van der Waals surface area contributed by atoms with E-state index >= 15 is 0 Å². The zero-order valence-electron chi connectivity index (χ0n) is 17.8. The van der Waals surface area contributed by atoms with Crippen LogP contribution in [0, 0.1) is 0 Å². The molecule has 1 aliphatic rings. The molecule has 3 aromatic rings. The van der Waals surface area contributed by atoms with Gasteiger partial charge in [0.15, 0.2) is 0 Å². The molecule has 0 bridgehead atoms. The van der Waals surface area contributed by atoms with E-state index in [2.05, 4.69) is 101 Å². The van der Waals surface area contributed by atoms with Crippen molar-refractivity contribution in [3.63, 3.8) is 0 Å². The van der Waals surface area contributed by atoms with E-state index in [4.69, 9.17) is 0 Å². The second kappa shape index (κ2) is 9.57. The smallest absolute Gasteiger partial charge is 0.0709 e. The van der Waals surface area contributed by atoms with E-state index in [0.29, 0.717) is 0 Å². The van der Waals surface area contributed by atoms with Crippen molar-refractivity contribution in [1.29, 1.82) is 0 Å². The lowest BCUT2D eigenvalue weighted by Crippen LogP contribution is -2.56. The van der Waals surface area contributed by atoms with Crippen LogP contribution in [0.1, 0.15) is 30.0 Å². The van der Waals surface area contributed by atoms with Crippen molar-refractivity contribution >= 4 is 0 Å². The van der Waals surface area contributed by atoms with Gasteiger partial charge in [0, 0.05) is 32.7 Å². The third-order valence-electron chi connectivity index (χ3n) is 6.45. The van der Waals surface area contributed by atoms with Crippen LogP contribution in [0.2, 0.25) is 0 Å². The van der Waals surface area contributed by atoms with E-state index in [1.807, 2.05) is 6.92 Å². The Kier molecular flexibility index (Phi) is 6.63. The number of hydrogen-bond acceptors (Lipinski definition) is 3. The molecule has 3 heteroatoms. The minimum absolute atomic E-state index is 0.263. The van der Waals surface area contributed by atoms with Gasteiger partial charge in [-0.2, -0.15) is 0 Å². The van der Waals surface area contributed by atoms with Crippen molar-refractivity contribution in [3.8, 4) is 0 Å². The number of aliphatic hydroxyl groups is 1. The standard InChI is InChI=1S/C27H32N2O/c1-23(30)27(17-18-28(22-27)19-24-11-5-2-6-12-24)29(20-25-13-7-3-8-14-25)21-26-15-9-4-10-16-26/h2-16,23,30H,17-22H2,1H3. The summed E-state index contributed by atoms with van der Waals surface area (Å²) in [5.41, 5.74) is 3.64. The number of aliphatic hydroxyl groups excluding tert-OH is 1. The van der Waals surface area contributed by atoms with Crippen molar-refractivity contribution in [2.75, 3.05) is 13.1 Å². The minimum atomic E-state index is -0.411. The lowest BCUT2D eigenvalue weighted by atomic mass is 9.88. The van der Waals surface area contributed by atoms with Crippen LogP contribution < -0.4 is 0 Å². The van der Waals surface area contributed by atoms with Crippen molar-refractivity contribution < 1.29 is 5.11 Å². The molecule has 1 heterocycles. The number of rotatable bonds is 8. The summed E-state index contributed by atoms with van der Waals surface area (Å²) >= 11 is 0. The average Bonchev–Trinajstić information content (AvgIpc) is 3.21. The van der Waals surface area contributed by atoms with E-state index in [9.17, 15) is 5.11 Å². The summed E-state index contributed by atoms with van der Waals surface area (Å²) in [7, 11) is 0.